The van der Waals surface area contributed by atoms with E-state index >= 15 is 0 Å². The molecule has 0 aliphatic carbocycles. The van der Waals surface area contributed by atoms with E-state index in [1.807, 2.05) is 19.1 Å². The third kappa shape index (κ3) is 7.13. The van der Waals surface area contributed by atoms with Gasteiger partial charge < -0.3 is 19.0 Å². The predicted molar refractivity (Wildman–Crippen MR) is 125 cm³/mol. The van der Waals surface area contributed by atoms with Gasteiger partial charge >= 0.3 is 11.9 Å². The van der Waals surface area contributed by atoms with Crippen molar-refractivity contribution >= 4 is 20.3 Å². The van der Waals surface area contributed by atoms with Gasteiger partial charge in [-0.1, -0.05) is 32.9 Å². The standard InChI is InChI=1S/C15H24O3Si.C9H10O3/c1-11-8-9-12(10-13(11)14(16)17-5)18-19(6,7)15(2,3)4;1-6-3-4-7(10)5-8(6)9(11)12-2/h8-10H,1-7H3;3-5,10H,1-2H3. The first kappa shape index (κ1) is 26.2. The Bertz CT molecular complexity index is 928. The Labute approximate surface area is 186 Å². The van der Waals surface area contributed by atoms with Crippen LogP contribution in [0, 0.1) is 13.8 Å². The molecule has 0 radical (unpaired) electrons. The summed E-state index contributed by atoms with van der Waals surface area (Å²) in [6.07, 6.45) is 0. The Kier molecular flexibility index (Phi) is 8.87. The van der Waals surface area contributed by atoms with E-state index in [-0.39, 0.29) is 16.8 Å². The van der Waals surface area contributed by atoms with E-state index < -0.39 is 14.3 Å². The molecule has 2 aromatic rings. The van der Waals surface area contributed by atoms with Gasteiger partial charge in [-0.15, -0.1) is 0 Å². The van der Waals surface area contributed by atoms with Crippen molar-refractivity contribution in [1.29, 1.82) is 0 Å². The zero-order chi connectivity index (χ0) is 24.0. The highest BCUT2D eigenvalue weighted by molar-refractivity contribution is 6.74. The fourth-order valence-corrected chi connectivity index (χ4v) is 3.40. The lowest BCUT2D eigenvalue weighted by atomic mass is 10.1. The SMILES string of the molecule is COC(=O)c1cc(O)ccc1C.COC(=O)c1cc(O[Si](C)(C)C(C)(C)C)ccc1C. The van der Waals surface area contributed by atoms with Crippen molar-refractivity contribution < 1.29 is 28.6 Å². The number of aromatic hydroxyl groups is 1. The summed E-state index contributed by atoms with van der Waals surface area (Å²) < 4.78 is 15.5. The number of aryl methyl sites for hydroxylation is 2. The van der Waals surface area contributed by atoms with Crippen LogP contribution in [0.2, 0.25) is 18.1 Å². The minimum Gasteiger partial charge on any atom is -0.543 e. The van der Waals surface area contributed by atoms with Gasteiger partial charge in [0.1, 0.15) is 11.5 Å². The van der Waals surface area contributed by atoms with Gasteiger partial charge in [-0.2, -0.15) is 0 Å². The molecule has 0 heterocycles. The molecule has 0 bridgehead atoms. The number of carbonyl (C=O) groups excluding carboxylic acids is 2. The number of phenolic OH excluding ortho intramolecular Hbond substituents is 1. The minimum absolute atomic E-state index is 0.0704. The van der Waals surface area contributed by atoms with Gasteiger partial charge in [0.15, 0.2) is 0 Å². The number of carbonyl (C=O) groups is 2. The fourth-order valence-electron chi connectivity index (χ4n) is 2.38. The van der Waals surface area contributed by atoms with Crippen LogP contribution >= 0.6 is 0 Å². The normalized spacial score (nSPS) is 11.1. The Balaban J connectivity index is 0.000000343. The molecule has 0 atom stereocenters. The predicted octanol–water partition coefficient (Wildman–Crippen LogP) is 5.65. The number of esters is 2. The van der Waals surface area contributed by atoms with Crippen LogP contribution in [0.15, 0.2) is 36.4 Å². The fraction of sp³-hybridized carbons (Fsp3) is 0.417. The Morgan fingerprint density at radius 1 is 0.839 bits per heavy atom. The molecule has 2 rings (SSSR count). The number of rotatable bonds is 4. The monoisotopic (exact) mass is 446 g/mol. The summed E-state index contributed by atoms with van der Waals surface area (Å²) in [6, 6.07) is 10.2. The second kappa shape index (κ2) is 10.5. The van der Waals surface area contributed by atoms with Crippen LogP contribution in [0.25, 0.3) is 0 Å². The molecule has 31 heavy (non-hydrogen) atoms. The van der Waals surface area contributed by atoms with Crippen LogP contribution < -0.4 is 4.43 Å². The Hall–Kier alpha value is -2.80. The van der Waals surface area contributed by atoms with Gasteiger partial charge in [-0.3, -0.25) is 0 Å². The summed E-state index contributed by atoms with van der Waals surface area (Å²) in [7, 11) is 0.820. The first-order valence-electron chi connectivity index (χ1n) is 9.99. The number of benzene rings is 2. The van der Waals surface area contributed by atoms with Crippen molar-refractivity contribution in [3.8, 4) is 11.5 Å². The maximum atomic E-state index is 11.7. The third-order valence-corrected chi connectivity index (χ3v) is 9.78. The number of phenols is 1. The van der Waals surface area contributed by atoms with Crippen molar-refractivity contribution in [3.63, 3.8) is 0 Å². The summed E-state index contributed by atoms with van der Waals surface area (Å²) in [5, 5.41) is 9.20. The smallest absolute Gasteiger partial charge is 0.338 e. The molecular weight excluding hydrogens is 412 g/mol. The van der Waals surface area contributed by atoms with Gasteiger partial charge in [-0.05, 0) is 67.4 Å². The van der Waals surface area contributed by atoms with Crippen LogP contribution in [-0.2, 0) is 9.47 Å². The van der Waals surface area contributed by atoms with Gasteiger partial charge in [0, 0.05) is 0 Å². The summed E-state index contributed by atoms with van der Waals surface area (Å²) >= 11 is 0. The maximum Gasteiger partial charge on any atom is 0.338 e. The third-order valence-electron chi connectivity index (χ3n) is 5.42. The summed E-state index contributed by atoms with van der Waals surface area (Å²) in [6.45, 7) is 14.6. The Morgan fingerprint density at radius 3 is 1.74 bits per heavy atom. The molecule has 0 fully saturated rings. The highest BCUT2D eigenvalue weighted by Gasteiger charge is 2.39. The van der Waals surface area contributed by atoms with Crippen molar-refractivity contribution in [2.45, 2.75) is 52.8 Å². The van der Waals surface area contributed by atoms with Gasteiger partial charge in [0.25, 0.3) is 0 Å². The van der Waals surface area contributed by atoms with E-state index in [1.165, 1.54) is 26.4 Å². The minimum atomic E-state index is -1.88. The maximum absolute atomic E-state index is 11.7. The second-order valence-electron chi connectivity index (χ2n) is 8.82. The van der Waals surface area contributed by atoms with E-state index in [2.05, 4.69) is 38.6 Å². The lowest BCUT2D eigenvalue weighted by Gasteiger charge is -2.36. The lowest BCUT2D eigenvalue weighted by molar-refractivity contribution is 0.0590. The number of hydrogen-bond donors (Lipinski definition) is 1. The molecule has 0 aliphatic rings. The van der Waals surface area contributed by atoms with Gasteiger partial charge in [0.2, 0.25) is 8.32 Å². The van der Waals surface area contributed by atoms with Crippen LogP contribution in [0.3, 0.4) is 0 Å². The molecule has 0 saturated carbocycles. The van der Waals surface area contributed by atoms with Crippen LogP contribution in [0.1, 0.15) is 52.6 Å². The first-order valence-corrected chi connectivity index (χ1v) is 12.9. The molecule has 2 aromatic carbocycles. The van der Waals surface area contributed by atoms with E-state index in [0.717, 1.165) is 16.9 Å². The summed E-state index contributed by atoms with van der Waals surface area (Å²) in [4.78, 5) is 22.7. The molecule has 170 valence electrons. The molecule has 0 saturated heterocycles. The van der Waals surface area contributed by atoms with E-state index in [0.29, 0.717) is 11.1 Å². The number of hydrogen-bond acceptors (Lipinski definition) is 6. The molecule has 0 unspecified atom stereocenters. The van der Waals surface area contributed by atoms with Crippen molar-refractivity contribution in [1.82, 2.24) is 0 Å². The zero-order valence-corrected chi connectivity index (χ0v) is 21.0. The number of ether oxygens (including phenoxy) is 2. The molecule has 6 nitrogen and oxygen atoms in total. The van der Waals surface area contributed by atoms with Crippen molar-refractivity contribution in [3.05, 3.63) is 58.7 Å². The van der Waals surface area contributed by atoms with E-state index in [4.69, 9.17) is 14.3 Å². The average molecular weight is 447 g/mol. The topological polar surface area (TPSA) is 82.1 Å². The largest absolute Gasteiger partial charge is 0.543 e. The molecule has 1 N–H and O–H groups in total. The first-order chi connectivity index (χ1) is 14.2. The van der Waals surface area contributed by atoms with E-state index in [1.54, 1.807) is 19.1 Å². The molecule has 0 amide bonds. The molecule has 0 aliphatic heterocycles. The van der Waals surface area contributed by atoms with Crippen molar-refractivity contribution in [2.75, 3.05) is 14.2 Å². The Morgan fingerprint density at radius 2 is 1.29 bits per heavy atom. The molecular formula is C24H34O6Si. The van der Waals surface area contributed by atoms with Crippen molar-refractivity contribution in [2.24, 2.45) is 0 Å². The van der Waals surface area contributed by atoms with Crippen LogP contribution in [-0.4, -0.2) is 39.6 Å². The quantitative estimate of drug-likeness (QED) is 0.482. The van der Waals surface area contributed by atoms with Gasteiger partial charge in [0.05, 0.1) is 25.3 Å². The number of methoxy groups -OCH3 is 2. The average Bonchev–Trinajstić information content (AvgIpc) is 2.69. The summed E-state index contributed by atoms with van der Waals surface area (Å²) in [5.41, 5.74) is 2.66. The van der Waals surface area contributed by atoms with Gasteiger partial charge in [-0.25, -0.2) is 9.59 Å². The molecule has 0 aromatic heterocycles. The highest BCUT2D eigenvalue weighted by Crippen LogP contribution is 2.37. The van der Waals surface area contributed by atoms with Crippen LogP contribution in [0.4, 0.5) is 0 Å². The molecule has 0 spiro atoms. The second-order valence-corrected chi connectivity index (χ2v) is 13.5. The highest BCUT2D eigenvalue weighted by atomic mass is 28.4. The summed E-state index contributed by atoms with van der Waals surface area (Å²) in [5.74, 6) is 0.0696. The van der Waals surface area contributed by atoms with E-state index in [9.17, 15) is 9.59 Å². The lowest BCUT2D eigenvalue weighted by Crippen LogP contribution is -2.43. The molecule has 7 heteroatoms. The van der Waals surface area contributed by atoms with Crippen LogP contribution in [0.5, 0.6) is 11.5 Å². The zero-order valence-electron chi connectivity index (χ0n) is 20.0.